The second-order valence-electron chi connectivity index (χ2n) is 11.5. The van der Waals surface area contributed by atoms with Crippen molar-refractivity contribution in [3.8, 4) is 0 Å². The number of nitrogens with one attached hydrogen (secondary N) is 1. The number of aryl methyl sites for hydroxylation is 2. The summed E-state index contributed by atoms with van der Waals surface area (Å²) in [5.41, 5.74) is 17.3. The molecule has 2 aromatic heterocycles. The molecule has 7 N–H and O–H groups in total. The molecule has 2 fully saturated rings. The molecule has 232 valence electrons. The van der Waals surface area contributed by atoms with Gasteiger partial charge in [0, 0.05) is 57.4 Å². The molecule has 0 bridgehead atoms. The Morgan fingerprint density at radius 3 is 2.38 bits per heavy atom. The van der Waals surface area contributed by atoms with E-state index in [9.17, 15) is 5.11 Å². The molecule has 1 saturated carbocycles. The average Bonchev–Trinajstić information content (AvgIpc) is 3.75. The number of aliphatic hydroxyl groups is 1. The number of pyridine rings is 2. The fourth-order valence-corrected chi connectivity index (χ4v) is 4.46. The van der Waals surface area contributed by atoms with Crippen LogP contribution in [0.5, 0.6) is 0 Å². The first-order chi connectivity index (χ1) is 18.9. The molecule has 8 heteroatoms. The molecule has 42 heavy (non-hydrogen) atoms. The van der Waals surface area contributed by atoms with Crippen molar-refractivity contribution in [3.63, 3.8) is 0 Å². The van der Waals surface area contributed by atoms with Gasteiger partial charge in [0.05, 0.1) is 29.0 Å². The van der Waals surface area contributed by atoms with Gasteiger partial charge in [-0.25, -0.2) is 0 Å². The van der Waals surface area contributed by atoms with Crippen LogP contribution in [0.3, 0.4) is 0 Å². The SMILES string of the molecule is C.C=C/C(=C\N=C(C)C1CC1)c1ccc(/C(N)=C(\C)O)nc1.C=C=C(CN1CC(C)(C)C1)Nc1cnc(C)c(C)c1.N.[HH].[HH]. The minimum Gasteiger partial charge on any atom is -0.510 e. The normalized spacial score (nSPS) is 16.6. The highest BCUT2D eigenvalue weighted by Crippen LogP contribution is 2.31. The number of rotatable bonds is 9. The van der Waals surface area contributed by atoms with Crippen molar-refractivity contribution in [2.75, 3.05) is 25.0 Å². The van der Waals surface area contributed by atoms with E-state index >= 15 is 0 Å². The molecule has 0 atom stereocenters. The van der Waals surface area contributed by atoms with E-state index in [1.54, 1.807) is 18.3 Å². The van der Waals surface area contributed by atoms with Gasteiger partial charge >= 0.3 is 0 Å². The maximum atomic E-state index is 9.37. The summed E-state index contributed by atoms with van der Waals surface area (Å²) in [6, 6.07) is 5.78. The van der Waals surface area contributed by atoms with Crippen molar-refractivity contribution in [2.24, 2.45) is 22.1 Å². The van der Waals surface area contributed by atoms with Crippen molar-refractivity contribution >= 4 is 22.7 Å². The van der Waals surface area contributed by atoms with Gasteiger partial charge in [0.25, 0.3) is 0 Å². The molecule has 0 unspecified atom stereocenters. The first-order valence-corrected chi connectivity index (χ1v) is 13.7. The fourth-order valence-electron chi connectivity index (χ4n) is 4.46. The summed E-state index contributed by atoms with van der Waals surface area (Å²) in [5.74, 6) is 0.727. The number of aliphatic imine (C=N–C) groups is 1. The largest absolute Gasteiger partial charge is 0.510 e. The topological polar surface area (TPSA) is 135 Å². The van der Waals surface area contributed by atoms with Gasteiger partial charge in [-0.2, -0.15) is 0 Å². The lowest BCUT2D eigenvalue weighted by Gasteiger charge is -2.46. The van der Waals surface area contributed by atoms with E-state index in [4.69, 9.17) is 5.73 Å². The highest BCUT2D eigenvalue weighted by atomic mass is 16.3. The Bertz CT molecular complexity index is 1360. The number of aliphatic hydroxyl groups excluding tert-OH is 1. The zero-order valence-electron chi connectivity index (χ0n) is 25.6. The summed E-state index contributed by atoms with van der Waals surface area (Å²) in [6.07, 6.45) is 9.65. The molecule has 2 aliphatic rings. The van der Waals surface area contributed by atoms with E-state index < -0.39 is 0 Å². The highest BCUT2D eigenvalue weighted by Gasteiger charge is 2.34. The monoisotopic (exact) mass is 577 g/mol. The van der Waals surface area contributed by atoms with E-state index in [0.29, 0.717) is 17.0 Å². The summed E-state index contributed by atoms with van der Waals surface area (Å²) in [6.45, 7) is 23.0. The number of hydrogen-bond donors (Lipinski definition) is 4. The summed E-state index contributed by atoms with van der Waals surface area (Å²) in [7, 11) is 0. The third-order valence-electron chi connectivity index (χ3n) is 7.09. The van der Waals surface area contributed by atoms with Crippen LogP contribution in [0, 0.1) is 25.2 Å². The van der Waals surface area contributed by atoms with Crippen LogP contribution < -0.4 is 17.2 Å². The van der Waals surface area contributed by atoms with Crippen molar-refractivity contribution in [1.29, 1.82) is 0 Å². The summed E-state index contributed by atoms with van der Waals surface area (Å²) < 4.78 is 0. The lowest BCUT2D eigenvalue weighted by molar-refractivity contribution is 0.0403. The maximum absolute atomic E-state index is 9.37. The van der Waals surface area contributed by atoms with Gasteiger partial charge in [-0.15, -0.1) is 5.73 Å². The molecule has 1 saturated heterocycles. The second kappa shape index (κ2) is 15.9. The average molecular weight is 578 g/mol. The van der Waals surface area contributed by atoms with Gasteiger partial charge in [0.2, 0.25) is 0 Å². The van der Waals surface area contributed by atoms with E-state index in [-0.39, 0.29) is 27.9 Å². The fraction of sp³-hybridized carbons (Fsp3) is 0.412. The molecular weight excluding hydrogens is 522 g/mol. The minimum absolute atomic E-state index is 0. The van der Waals surface area contributed by atoms with Crippen molar-refractivity contribution in [2.45, 2.75) is 61.8 Å². The van der Waals surface area contributed by atoms with Crippen molar-refractivity contribution in [1.82, 2.24) is 21.0 Å². The number of hydrogen-bond acceptors (Lipinski definition) is 8. The Labute approximate surface area is 256 Å². The molecule has 1 aliphatic carbocycles. The molecule has 2 aromatic rings. The van der Waals surface area contributed by atoms with Crippen LogP contribution in [0.4, 0.5) is 5.69 Å². The van der Waals surface area contributed by atoms with E-state index in [1.165, 1.54) is 31.0 Å². The predicted octanol–water partition coefficient (Wildman–Crippen LogP) is 8.10. The number of aromatic nitrogens is 2. The van der Waals surface area contributed by atoms with Gasteiger partial charge in [0.15, 0.2) is 0 Å². The number of nitrogens with two attached hydrogens (primary N) is 1. The van der Waals surface area contributed by atoms with Crippen LogP contribution in [0.25, 0.3) is 11.3 Å². The van der Waals surface area contributed by atoms with Crippen LogP contribution in [0.1, 0.15) is 73.3 Å². The molecule has 0 aromatic carbocycles. The van der Waals surface area contributed by atoms with Gasteiger partial charge in [-0.3, -0.25) is 19.9 Å². The molecular formula is C34H55N7O. The van der Waals surface area contributed by atoms with Gasteiger partial charge in [-0.1, -0.05) is 46.6 Å². The molecule has 4 rings (SSSR count). The third kappa shape index (κ3) is 10.5. The van der Waals surface area contributed by atoms with Crippen LogP contribution in [-0.2, 0) is 0 Å². The van der Waals surface area contributed by atoms with Crippen molar-refractivity contribution < 1.29 is 7.96 Å². The second-order valence-corrected chi connectivity index (χ2v) is 11.5. The first kappa shape index (κ1) is 36.1. The molecule has 3 heterocycles. The van der Waals surface area contributed by atoms with Crippen LogP contribution in [-0.4, -0.2) is 45.3 Å². The number of likely N-dealkylation sites (tertiary alicyclic amines) is 1. The van der Waals surface area contributed by atoms with Crippen LogP contribution in [0.15, 0.2) is 78.2 Å². The van der Waals surface area contributed by atoms with Crippen LogP contribution >= 0.6 is 0 Å². The Morgan fingerprint density at radius 2 is 1.90 bits per heavy atom. The maximum Gasteiger partial charge on any atom is 0.114 e. The minimum atomic E-state index is 0. The quantitative estimate of drug-likeness (QED) is 0.102. The number of nitrogens with zero attached hydrogens (tertiary/aromatic N) is 4. The van der Waals surface area contributed by atoms with E-state index in [2.05, 4.69) is 77.8 Å². The molecule has 0 radical (unpaired) electrons. The van der Waals surface area contributed by atoms with E-state index in [1.807, 2.05) is 25.4 Å². The lowest BCUT2D eigenvalue weighted by atomic mass is 9.84. The smallest absolute Gasteiger partial charge is 0.114 e. The molecule has 8 nitrogen and oxygen atoms in total. The Balaban J connectivity index is 0. The molecule has 0 amide bonds. The number of allylic oxidation sites excluding steroid dienone is 3. The zero-order chi connectivity index (χ0) is 29.4. The summed E-state index contributed by atoms with van der Waals surface area (Å²) in [5, 5.41) is 12.7. The third-order valence-corrected chi connectivity index (χ3v) is 7.09. The molecule has 1 aliphatic heterocycles. The van der Waals surface area contributed by atoms with Gasteiger partial charge < -0.3 is 22.3 Å². The Kier molecular flexibility index (Phi) is 13.6. The highest BCUT2D eigenvalue weighted by molar-refractivity contribution is 5.88. The molecule has 0 spiro atoms. The standard InChI is InChI=1S/C17H21N3O.C16H23N3.CH4.H3N.2H2/c1-4-13(9-19-11(2)14-5-6-14)15-7-8-16(20-10-15)17(18)12(3)21;1-6-14(9-19-10-16(4,5)11-19)18-15-7-12(2)13(3)17-8-15;;;;/h4,7-10,14,21H,1,5-6,18H2,2-3H3;7-8,18H,1,9-11H2,2-5H3;1H4;1H3;2*1H/b13-9+,17-12-,19-11?;;;;;. The van der Waals surface area contributed by atoms with Crippen molar-refractivity contribution in [3.05, 3.63) is 95.7 Å². The Morgan fingerprint density at radius 1 is 1.24 bits per heavy atom. The summed E-state index contributed by atoms with van der Waals surface area (Å²) >= 11 is 0. The lowest BCUT2D eigenvalue weighted by Crippen LogP contribution is -2.53. The zero-order valence-corrected chi connectivity index (χ0v) is 25.6. The van der Waals surface area contributed by atoms with Gasteiger partial charge in [-0.05, 0) is 69.6 Å². The number of anilines is 1. The Hall–Kier alpha value is -3.97. The van der Waals surface area contributed by atoms with Crippen LogP contribution in [0.2, 0.25) is 0 Å². The van der Waals surface area contributed by atoms with E-state index in [0.717, 1.165) is 47.8 Å². The summed E-state index contributed by atoms with van der Waals surface area (Å²) in [4.78, 5) is 15.5. The predicted molar refractivity (Wildman–Crippen MR) is 184 cm³/mol. The first-order valence-electron chi connectivity index (χ1n) is 13.7. The van der Waals surface area contributed by atoms with Gasteiger partial charge in [0.1, 0.15) is 5.76 Å².